The highest BCUT2D eigenvalue weighted by Crippen LogP contribution is 2.29. The van der Waals surface area contributed by atoms with Gasteiger partial charge in [0.2, 0.25) is 0 Å². The van der Waals surface area contributed by atoms with Gasteiger partial charge in [-0.25, -0.2) is 18.1 Å². The topological polar surface area (TPSA) is 68.1 Å². The second-order valence-corrected chi connectivity index (χ2v) is 7.16. The van der Waals surface area contributed by atoms with E-state index >= 15 is 0 Å². The molecule has 0 fully saturated rings. The zero-order valence-corrected chi connectivity index (χ0v) is 12.9. The number of nitrogens with zero attached hydrogens (tertiary/aromatic N) is 4. The van der Waals surface area contributed by atoms with Crippen LogP contribution in [0, 0.1) is 6.92 Å². The number of rotatable bonds is 2. The lowest BCUT2D eigenvalue weighted by Crippen LogP contribution is -2.44. The van der Waals surface area contributed by atoms with E-state index in [4.69, 9.17) is 0 Å². The number of hydrogen-bond donors (Lipinski definition) is 0. The van der Waals surface area contributed by atoms with Crippen molar-refractivity contribution in [2.24, 2.45) is 0 Å². The Bertz CT molecular complexity index is 845. The Morgan fingerprint density at radius 3 is 2.61 bits per heavy atom. The largest absolute Gasteiger partial charge is 0.511 e. The standard InChI is InChI=1S/C13H13F3N4O2S/c1-9-3-2-4-10(7-9)12-17-11-8-19(5-6-20(11)18-12)23(21,22)13(14,15)16/h2-4,7H,5-6,8H2,1H3. The predicted molar refractivity (Wildman–Crippen MR) is 75.6 cm³/mol. The molecule has 0 saturated carbocycles. The van der Waals surface area contributed by atoms with Crippen molar-refractivity contribution < 1.29 is 21.6 Å². The van der Waals surface area contributed by atoms with Crippen molar-refractivity contribution in [2.75, 3.05) is 6.54 Å². The zero-order valence-electron chi connectivity index (χ0n) is 12.1. The van der Waals surface area contributed by atoms with Gasteiger partial charge in [-0.15, -0.1) is 0 Å². The number of benzene rings is 1. The van der Waals surface area contributed by atoms with Gasteiger partial charge in [-0.1, -0.05) is 23.8 Å². The first-order chi connectivity index (χ1) is 10.7. The van der Waals surface area contributed by atoms with E-state index in [0.717, 1.165) is 11.1 Å². The van der Waals surface area contributed by atoms with Crippen LogP contribution in [-0.4, -0.2) is 39.5 Å². The molecular formula is C13H13F3N4O2S. The highest BCUT2D eigenvalue weighted by molar-refractivity contribution is 7.89. The number of sulfonamides is 1. The molecule has 0 N–H and O–H groups in total. The molecule has 2 aromatic rings. The minimum Gasteiger partial charge on any atom is -0.247 e. The lowest BCUT2D eigenvalue weighted by Gasteiger charge is -2.26. The summed E-state index contributed by atoms with van der Waals surface area (Å²) in [5.41, 5.74) is -3.58. The molecule has 124 valence electrons. The van der Waals surface area contributed by atoms with Gasteiger partial charge in [-0.05, 0) is 13.0 Å². The van der Waals surface area contributed by atoms with E-state index < -0.39 is 22.1 Å². The number of fused-ring (bicyclic) bond motifs is 1. The summed E-state index contributed by atoms with van der Waals surface area (Å²) in [4.78, 5) is 4.19. The first kappa shape index (κ1) is 15.9. The fraction of sp³-hybridized carbons (Fsp3) is 0.385. The molecule has 10 heteroatoms. The summed E-state index contributed by atoms with van der Waals surface area (Å²) >= 11 is 0. The van der Waals surface area contributed by atoms with Gasteiger partial charge in [0.15, 0.2) is 5.82 Å². The van der Waals surface area contributed by atoms with E-state index in [-0.39, 0.29) is 18.9 Å². The maximum Gasteiger partial charge on any atom is 0.511 e. The Kier molecular flexibility index (Phi) is 3.68. The fourth-order valence-corrected chi connectivity index (χ4v) is 3.27. The quantitative estimate of drug-likeness (QED) is 0.833. The van der Waals surface area contributed by atoms with Crippen molar-refractivity contribution in [3.63, 3.8) is 0 Å². The Balaban J connectivity index is 1.91. The van der Waals surface area contributed by atoms with Gasteiger partial charge in [0.05, 0.1) is 13.1 Å². The third-order valence-electron chi connectivity index (χ3n) is 3.54. The molecule has 1 aromatic heterocycles. The van der Waals surface area contributed by atoms with Gasteiger partial charge < -0.3 is 0 Å². The molecule has 0 atom stereocenters. The van der Waals surface area contributed by atoms with Crippen molar-refractivity contribution in [3.8, 4) is 11.4 Å². The monoisotopic (exact) mass is 346 g/mol. The van der Waals surface area contributed by atoms with Crippen LogP contribution in [0.1, 0.15) is 11.4 Å². The van der Waals surface area contributed by atoms with Crippen LogP contribution >= 0.6 is 0 Å². The van der Waals surface area contributed by atoms with Crippen LogP contribution in [0.25, 0.3) is 11.4 Å². The van der Waals surface area contributed by atoms with Crippen molar-refractivity contribution in [3.05, 3.63) is 35.7 Å². The second-order valence-electron chi connectivity index (χ2n) is 5.23. The minimum atomic E-state index is -5.35. The molecule has 0 radical (unpaired) electrons. The molecule has 1 aliphatic heterocycles. The minimum absolute atomic E-state index is 0.0312. The molecule has 0 spiro atoms. The Hall–Kier alpha value is -1.94. The lowest BCUT2D eigenvalue weighted by molar-refractivity contribution is -0.0496. The van der Waals surface area contributed by atoms with Gasteiger partial charge in [0.1, 0.15) is 5.82 Å². The van der Waals surface area contributed by atoms with E-state index in [2.05, 4.69) is 10.1 Å². The highest BCUT2D eigenvalue weighted by atomic mass is 32.2. The summed E-state index contributed by atoms with van der Waals surface area (Å²) in [7, 11) is -5.35. The normalized spacial score (nSPS) is 16.3. The SMILES string of the molecule is Cc1cccc(-c2nc3n(n2)CCN(S(=O)(=O)C(F)(F)F)C3)c1. The van der Waals surface area contributed by atoms with Crippen molar-refractivity contribution in [1.82, 2.24) is 19.1 Å². The van der Waals surface area contributed by atoms with Gasteiger partial charge in [0.25, 0.3) is 0 Å². The highest BCUT2D eigenvalue weighted by Gasteiger charge is 2.50. The maximum atomic E-state index is 12.6. The molecule has 3 rings (SSSR count). The molecule has 0 aliphatic carbocycles. The van der Waals surface area contributed by atoms with E-state index in [1.54, 1.807) is 6.07 Å². The molecule has 0 saturated heterocycles. The molecule has 0 unspecified atom stereocenters. The molecule has 2 heterocycles. The molecule has 1 aromatic carbocycles. The van der Waals surface area contributed by atoms with Gasteiger partial charge in [0, 0.05) is 12.1 Å². The summed E-state index contributed by atoms with van der Waals surface area (Å²) in [5, 5.41) is 4.24. The van der Waals surface area contributed by atoms with Gasteiger partial charge >= 0.3 is 15.5 Å². The van der Waals surface area contributed by atoms with Gasteiger partial charge in [-0.3, -0.25) is 0 Å². The van der Waals surface area contributed by atoms with Crippen LogP contribution in [0.3, 0.4) is 0 Å². The number of aryl methyl sites for hydroxylation is 1. The maximum absolute atomic E-state index is 12.6. The third-order valence-corrected chi connectivity index (χ3v) is 5.11. The Morgan fingerprint density at radius 2 is 1.96 bits per heavy atom. The first-order valence-corrected chi connectivity index (χ1v) is 8.20. The molecule has 6 nitrogen and oxygen atoms in total. The Morgan fingerprint density at radius 1 is 1.22 bits per heavy atom. The summed E-state index contributed by atoms with van der Waals surface area (Å²) in [6.45, 7) is 1.20. The van der Waals surface area contributed by atoms with Crippen LogP contribution in [0.4, 0.5) is 13.2 Å². The van der Waals surface area contributed by atoms with E-state index in [9.17, 15) is 21.6 Å². The van der Waals surface area contributed by atoms with Crippen LogP contribution in [0.5, 0.6) is 0 Å². The first-order valence-electron chi connectivity index (χ1n) is 6.76. The fourth-order valence-electron chi connectivity index (χ4n) is 2.37. The second kappa shape index (κ2) is 5.31. The predicted octanol–water partition coefficient (Wildman–Crippen LogP) is 1.92. The summed E-state index contributed by atoms with van der Waals surface area (Å²) in [5.74, 6) is 0.565. The number of aromatic nitrogens is 3. The smallest absolute Gasteiger partial charge is 0.247 e. The average molecular weight is 346 g/mol. The van der Waals surface area contributed by atoms with Crippen LogP contribution in [-0.2, 0) is 23.1 Å². The van der Waals surface area contributed by atoms with Crippen molar-refractivity contribution in [1.29, 1.82) is 0 Å². The molecular weight excluding hydrogens is 333 g/mol. The number of alkyl halides is 3. The number of hydrogen-bond acceptors (Lipinski definition) is 4. The van der Waals surface area contributed by atoms with Crippen molar-refractivity contribution >= 4 is 10.0 Å². The molecule has 1 aliphatic rings. The van der Waals surface area contributed by atoms with E-state index in [1.165, 1.54) is 4.68 Å². The van der Waals surface area contributed by atoms with Crippen molar-refractivity contribution in [2.45, 2.75) is 25.5 Å². The lowest BCUT2D eigenvalue weighted by atomic mass is 10.1. The number of halogens is 3. The summed E-state index contributed by atoms with van der Waals surface area (Å²) < 4.78 is 62.7. The summed E-state index contributed by atoms with van der Waals surface area (Å²) in [6.07, 6.45) is 0. The van der Waals surface area contributed by atoms with E-state index in [0.29, 0.717) is 10.1 Å². The van der Waals surface area contributed by atoms with E-state index in [1.807, 2.05) is 25.1 Å². The molecule has 0 bridgehead atoms. The van der Waals surface area contributed by atoms with Crippen LogP contribution < -0.4 is 0 Å². The van der Waals surface area contributed by atoms with Crippen LogP contribution in [0.15, 0.2) is 24.3 Å². The summed E-state index contributed by atoms with van der Waals surface area (Å²) in [6, 6.07) is 7.37. The zero-order chi connectivity index (χ0) is 16.8. The molecule has 23 heavy (non-hydrogen) atoms. The average Bonchev–Trinajstić information content (AvgIpc) is 2.89. The molecule has 0 amide bonds. The van der Waals surface area contributed by atoms with Crippen LogP contribution in [0.2, 0.25) is 0 Å². The Labute approximate surface area is 130 Å². The third kappa shape index (κ3) is 2.83. The van der Waals surface area contributed by atoms with Gasteiger partial charge in [-0.2, -0.15) is 22.6 Å².